The molecule has 0 amide bonds. The standard InChI is InChI=1S/C21H20F2N6O/c1-11(14-7-16-15(22)8-17(26-16)20(14)23)18-9-25-21(28-27-18)13-3-2-12(6-19(13)30)29-5-4-24-10-29/h2-6,9-10,14-17,20,26,30H,1,7-8H2/t14-,15-,16?,17?,20-/m0/s1. The molecule has 0 saturated carbocycles. The van der Waals surface area contributed by atoms with E-state index in [-0.39, 0.29) is 24.0 Å². The molecule has 2 aliphatic heterocycles. The molecule has 30 heavy (non-hydrogen) atoms. The second-order valence-electron chi connectivity index (χ2n) is 7.78. The van der Waals surface area contributed by atoms with Crippen LogP contribution in [-0.4, -0.2) is 54.3 Å². The van der Waals surface area contributed by atoms with Gasteiger partial charge < -0.3 is 15.0 Å². The van der Waals surface area contributed by atoms with Crippen LogP contribution in [0.5, 0.6) is 5.75 Å². The number of nitrogens with zero attached hydrogens (tertiary/aromatic N) is 5. The van der Waals surface area contributed by atoms with E-state index in [1.807, 2.05) is 0 Å². The summed E-state index contributed by atoms with van der Waals surface area (Å²) in [5.74, 6) is -0.277. The highest BCUT2D eigenvalue weighted by atomic mass is 19.1. The van der Waals surface area contributed by atoms with Crippen molar-refractivity contribution in [1.82, 2.24) is 30.0 Å². The summed E-state index contributed by atoms with van der Waals surface area (Å²) in [7, 11) is 0. The van der Waals surface area contributed by atoms with Crippen LogP contribution in [0.2, 0.25) is 0 Å². The lowest BCUT2D eigenvalue weighted by molar-refractivity contribution is 0.163. The number of rotatable bonds is 4. The third kappa shape index (κ3) is 3.15. The largest absolute Gasteiger partial charge is 0.507 e. The number of halogens is 2. The number of fused-ring (bicyclic) bond motifs is 2. The van der Waals surface area contributed by atoms with Crippen LogP contribution in [0.25, 0.3) is 22.6 Å². The molecule has 7 nitrogen and oxygen atoms in total. The summed E-state index contributed by atoms with van der Waals surface area (Å²) in [6, 6.07) is 4.24. The summed E-state index contributed by atoms with van der Waals surface area (Å²) in [6.45, 7) is 3.99. The van der Waals surface area contributed by atoms with E-state index in [1.54, 1.807) is 41.5 Å². The Balaban J connectivity index is 1.36. The van der Waals surface area contributed by atoms with Gasteiger partial charge in [-0.15, -0.1) is 10.2 Å². The van der Waals surface area contributed by atoms with Gasteiger partial charge in [0, 0.05) is 36.5 Å². The van der Waals surface area contributed by atoms with E-state index in [9.17, 15) is 13.9 Å². The zero-order chi connectivity index (χ0) is 20.8. The zero-order valence-electron chi connectivity index (χ0n) is 16.0. The highest BCUT2D eigenvalue weighted by molar-refractivity contribution is 5.67. The fourth-order valence-electron chi connectivity index (χ4n) is 4.33. The Morgan fingerprint density at radius 2 is 2.07 bits per heavy atom. The second kappa shape index (κ2) is 7.24. The molecule has 2 bridgehead atoms. The van der Waals surface area contributed by atoms with Gasteiger partial charge in [-0.3, -0.25) is 0 Å². The van der Waals surface area contributed by atoms with Crippen molar-refractivity contribution < 1.29 is 13.9 Å². The molecule has 2 unspecified atom stereocenters. The molecule has 4 heterocycles. The second-order valence-corrected chi connectivity index (χ2v) is 7.78. The Morgan fingerprint density at radius 3 is 2.77 bits per heavy atom. The average molecular weight is 410 g/mol. The summed E-state index contributed by atoms with van der Waals surface area (Å²) in [4.78, 5) is 8.27. The van der Waals surface area contributed by atoms with Crippen molar-refractivity contribution in [1.29, 1.82) is 0 Å². The molecule has 3 aromatic rings. The maximum absolute atomic E-state index is 14.8. The van der Waals surface area contributed by atoms with Crippen molar-refractivity contribution in [3.05, 3.63) is 55.4 Å². The van der Waals surface area contributed by atoms with Gasteiger partial charge in [-0.25, -0.2) is 18.7 Å². The minimum Gasteiger partial charge on any atom is -0.507 e. The summed E-state index contributed by atoms with van der Waals surface area (Å²) in [5.41, 5.74) is 2.01. The average Bonchev–Trinajstić information content (AvgIpc) is 3.39. The van der Waals surface area contributed by atoms with Crippen LogP contribution in [-0.2, 0) is 0 Å². The van der Waals surface area contributed by atoms with E-state index in [4.69, 9.17) is 0 Å². The molecule has 5 atom stereocenters. The van der Waals surface area contributed by atoms with E-state index in [2.05, 4.69) is 32.1 Å². The first kappa shape index (κ1) is 18.8. The highest BCUT2D eigenvalue weighted by Crippen LogP contribution is 2.40. The molecule has 2 N–H and O–H groups in total. The normalized spacial score (nSPS) is 27.9. The monoisotopic (exact) mass is 410 g/mol. The third-order valence-corrected chi connectivity index (χ3v) is 5.98. The van der Waals surface area contributed by atoms with Crippen LogP contribution in [0.4, 0.5) is 8.78 Å². The van der Waals surface area contributed by atoms with E-state index in [1.165, 1.54) is 6.20 Å². The highest BCUT2D eigenvalue weighted by Gasteiger charge is 2.48. The summed E-state index contributed by atoms with van der Waals surface area (Å²) < 4.78 is 30.5. The minimum atomic E-state index is -1.23. The predicted molar refractivity (Wildman–Crippen MR) is 106 cm³/mol. The van der Waals surface area contributed by atoms with Gasteiger partial charge in [0.1, 0.15) is 23.8 Å². The molecule has 0 spiro atoms. The smallest absolute Gasteiger partial charge is 0.185 e. The summed E-state index contributed by atoms with van der Waals surface area (Å²) >= 11 is 0. The van der Waals surface area contributed by atoms with Crippen molar-refractivity contribution >= 4 is 5.57 Å². The minimum absolute atomic E-state index is 0.00214. The molecule has 9 heteroatoms. The number of imidazole rings is 1. The Bertz CT molecular complexity index is 1070. The molecule has 2 saturated heterocycles. The SMILES string of the molecule is C=C(c1cnc(-c2ccc(-n3ccnc3)cc2O)nn1)[C@@H]1CC2NC(C[C@@H]2F)[C@H]1F. The van der Waals surface area contributed by atoms with Crippen molar-refractivity contribution in [3.8, 4) is 22.8 Å². The van der Waals surface area contributed by atoms with Crippen molar-refractivity contribution in [2.75, 3.05) is 0 Å². The first-order valence-corrected chi connectivity index (χ1v) is 9.76. The predicted octanol–water partition coefficient (Wildman–Crippen LogP) is 2.87. The van der Waals surface area contributed by atoms with Crippen LogP contribution in [0.1, 0.15) is 18.5 Å². The van der Waals surface area contributed by atoms with Gasteiger partial charge in [-0.2, -0.15) is 0 Å². The lowest BCUT2D eigenvalue weighted by atomic mass is 9.84. The number of phenols is 1. The zero-order valence-corrected chi connectivity index (χ0v) is 16.0. The third-order valence-electron chi connectivity index (χ3n) is 5.98. The number of nitrogens with one attached hydrogen (secondary N) is 1. The topological polar surface area (TPSA) is 88.8 Å². The van der Waals surface area contributed by atoms with Crippen LogP contribution in [0, 0.1) is 5.92 Å². The molecule has 5 rings (SSSR count). The molecule has 2 aromatic heterocycles. The Hall–Kier alpha value is -3.20. The van der Waals surface area contributed by atoms with Crippen molar-refractivity contribution in [3.63, 3.8) is 0 Å². The van der Waals surface area contributed by atoms with Crippen LogP contribution >= 0.6 is 0 Å². The number of hydrogen-bond donors (Lipinski definition) is 2. The lowest BCUT2D eigenvalue weighted by Gasteiger charge is -2.33. The van der Waals surface area contributed by atoms with E-state index >= 15 is 0 Å². The number of phenolic OH excluding ortho intramolecular Hbond substituents is 1. The molecule has 154 valence electrons. The Kier molecular flexibility index (Phi) is 4.54. The number of alkyl halides is 2. The molecule has 1 aromatic carbocycles. The quantitative estimate of drug-likeness (QED) is 0.688. The molecule has 0 radical (unpaired) electrons. The fraction of sp³-hybridized carbons (Fsp3) is 0.333. The molecule has 2 aliphatic rings. The molecular weight excluding hydrogens is 390 g/mol. The number of benzene rings is 1. The van der Waals surface area contributed by atoms with E-state index in [0.717, 1.165) is 5.69 Å². The molecule has 0 aliphatic carbocycles. The first-order chi connectivity index (χ1) is 14.5. The van der Waals surface area contributed by atoms with Gasteiger partial charge >= 0.3 is 0 Å². The van der Waals surface area contributed by atoms with Crippen molar-refractivity contribution in [2.24, 2.45) is 5.92 Å². The Morgan fingerprint density at radius 1 is 1.20 bits per heavy atom. The van der Waals surface area contributed by atoms with Gasteiger partial charge in [0.15, 0.2) is 5.82 Å². The van der Waals surface area contributed by atoms with Crippen LogP contribution in [0.15, 0.2) is 49.7 Å². The van der Waals surface area contributed by atoms with E-state index < -0.39 is 24.3 Å². The number of piperidine rings is 1. The number of allylic oxidation sites excluding steroid dienone is 1. The van der Waals surface area contributed by atoms with Gasteiger partial charge in [-0.1, -0.05) is 6.58 Å². The van der Waals surface area contributed by atoms with E-state index in [0.29, 0.717) is 23.3 Å². The number of aromatic nitrogens is 5. The molecule has 2 fully saturated rings. The maximum atomic E-state index is 14.8. The summed E-state index contributed by atoms with van der Waals surface area (Å²) in [5, 5.41) is 21.6. The van der Waals surface area contributed by atoms with Gasteiger partial charge in [-0.05, 0) is 30.5 Å². The number of aromatic hydroxyl groups is 1. The molecular formula is C21H20F2N6O. The first-order valence-electron chi connectivity index (χ1n) is 9.76. The Labute approximate surface area is 171 Å². The van der Waals surface area contributed by atoms with Crippen LogP contribution < -0.4 is 5.32 Å². The fourth-order valence-corrected chi connectivity index (χ4v) is 4.33. The van der Waals surface area contributed by atoms with Crippen molar-refractivity contribution in [2.45, 2.75) is 37.3 Å². The van der Waals surface area contributed by atoms with Crippen LogP contribution in [0.3, 0.4) is 0 Å². The number of hydrogen-bond acceptors (Lipinski definition) is 6. The van der Waals surface area contributed by atoms with Gasteiger partial charge in [0.2, 0.25) is 0 Å². The maximum Gasteiger partial charge on any atom is 0.185 e. The van der Waals surface area contributed by atoms with Gasteiger partial charge in [0.25, 0.3) is 0 Å². The lowest BCUT2D eigenvalue weighted by Crippen LogP contribution is -2.48. The van der Waals surface area contributed by atoms with Gasteiger partial charge in [0.05, 0.1) is 23.8 Å². The summed E-state index contributed by atoms with van der Waals surface area (Å²) in [6.07, 6.45) is 4.77.